The molecule has 0 amide bonds. The summed E-state index contributed by atoms with van der Waals surface area (Å²) in [5, 5.41) is 21.5. The molecule has 3 rings (SSSR count). The number of aliphatic carboxylic acids is 1. The van der Waals surface area contributed by atoms with Crippen molar-refractivity contribution in [3.63, 3.8) is 0 Å². The number of carboxylic acid groups (broad SMARTS) is 1. The molecule has 0 aliphatic heterocycles. The summed E-state index contributed by atoms with van der Waals surface area (Å²) < 4.78 is 5.51. The first-order valence-corrected chi connectivity index (χ1v) is 11.7. The predicted molar refractivity (Wildman–Crippen MR) is 130 cm³/mol. The number of ether oxygens (including phenoxy) is 1. The van der Waals surface area contributed by atoms with Gasteiger partial charge in [-0.2, -0.15) is 5.26 Å². The number of benzene rings is 1. The van der Waals surface area contributed by atoms with Gasteiger partial charge < -0.3 is 20.1 Å². The van der Waals surface area contributed by atoms with Crippen molar-refractivity contribution in [2.75, 3.05) is 23.4 Å². The molecule has 0 saturated heterocycles. The van der Waals surface area contributed by atoms with E-state index in [1.165, 1.54) is 32.1 Å². The molecule has 176 valence electrons. The number of carboxylic acids is 1. The molecule has 2 N–H and O–H groups in total. The predicted octanol–water partition coefficient (Wildman–Crippen LogP) is 5.65. The van der Waals surface area contributed by atoms with Gasteiger partial charge in [0.2, 0.25) is 0 Å². The Morgan fingerprint density at radius 1 is 1.24 bits per heavy atom. The van der Waals surface area contributed by atoms with Gasteiger partial charge in [0, 0.05) is 18.8 Å². The average Bonchev–Trinajstić information content (AvgIpc) is 2.82. The van der Waals surface area contributed by atoms with Crippen molar-refractivity contribution in [3.8, 4) is 6.07 Å². The van der Waals surface area contributed by atoms with Gasteiger partial charge >= 0.3 is 5.97 Å². The van der Waals surface area contributed by atoms with Gasteiger partial charge in [0.25, 0.3) is 0 Å². The van der Waals surface area contributed by atoms with Crippen molar-refractivity contribution in [1.29, 1.82) is 5.26 Å². The molecule has 0 bridgehead atoms. The van der Waals surface area contributed by atoms with Crippen molar-refractivity contribution in [2.45, 2.75) is 65.0 Å². The molecule has 1 saturated carbocycles. The second-order valence-electron chi connectivity index (χ2n) is 9.13. The van der Waals surface area contributed by atoms with Crippen LogP contribution in [0.1, 0.15) is 70.1 Å². The molecule has 1 aromatic carbocycles. The fourth-order valence-electron chi connectivity index (χ4n) is 4.35. The van der Waals surface area contributed by atoms with Crippen LogP contribution in [0.15, 0.2) is 36.5 Å². The van der Waals surface area contributed by atoms with E-state index >= 15 is 0 Å². The molecule has 1 aromatic heterocycles. The van der Waals surface area contributed by atoms with E-state index in [9.17, 15) is 4.79 Å². The molecular weight excluding hydrogens is 416 g/mol. The van der Waals surface area contributed by atoms with Gasteiger partial charge in [-0.05, 0) is 55.5 Å². The number of pyridine rings is 1. The first kappa shape index (κ1) is 24.5. The van der Waals surface area contributed by atoms with E-state index < -0.39 is 5.97 Å². The zero-order valence-corrected chi connectivity index (χ0v) is 19.8. The second kappa shape index (κ2) is 11.7. The fraction of sp³-hybridized carbons (Fsp3) is 0.500. The number of carbonyl (C=O) groups is 1. The number of nitrogens with zero attached hydrogens (tertiary/aromatic N) is 3. The third-order valence-corrected chi connectivity index (χ3v) is 5.99. The highest BCUT2D eigenvalue weighted by Gasteiger charge is 2.25. The largest absolute Gasteiger partial charge is 0.480 e. The molecule has 1 aliphatic rings. The molecule has 1 fully saturated rings. The molecule has 0 radical (unpaired) electrons. The summed E-state index contributed by atoms with van der Waals surface area (Å²) in [7, 11) is 0. The summed E-state index contributed by atoms with van der Waals surface area (Å²) in [6, 6.07) is 12.3. The Balaban J connectivity index is 1.98. The Kier molecular flexibility index (Phi) is 8.67. The van der Waals surface area contributed by atoms with E-state index in [4.69, 9.17) is 15.1 Å². The minimum atomic E-state index is -0.987. The highest BCUT2D eigenvalue weighted by molar-refractivity contribution is 5.76. The molecule has 33 heavy (non-hydrogen) atoms. The van der Waals surface area contributed by atoms with Crippen LogP contribution in [-0.2, 0) is 9.53 Å². The molecule has 0 spiro atoms. The topological polar surface area (TPSA) is 98.5 Å². The molecule has 7 nitrogen and oxygen atoms in total. The van der Waals surface area contributed by atoms with Gasteiger partial charge in [-0.3, -0.25) is 0 Å². The van der Waals surface area contributed by atoms with Gasteiger partial charge in [-0.15, -0.1) is 0 Å². The average molecular weight is 451 g/mol. The Hall–Kier alpha value is -3.11. The van der Waals surface area contributed by atoms with Gasteiger partial charge in [-0.25, -0.2) is 9.78 Å². The van der Waals surface area contributed by atoms with Gasteiger partial charge in [0.15, 0.2) is 0 Å². The SMILES string of the molecule is CC(C)CN(c1ccc(C(C)OCC(=O)O)cc1Nc1ccc(C#N)cn1)C1CCCCC1. The van der Waals surface area contributed by atoms with Crippen LogP contribution in [0.5, 0.6) is 0 Å². The Morgan fingerprint density at radius 2 is 2.00 bits per heavy atom. The quantitative estimate of drug-likeness (QED) is 0.482. The molecule has 7 heteroatoms. The Labute approximate surface area is 196 Å². The highest BCUT2D eigenvalue weighted by atomic mass is 16.5. The third kappa shape index (κ3) is 6.93. The summed E-state index contributed by atoms with van der Waals surface area (Å²) in [4.78, 5) is 17.8. The molecular formula is C26H34N4O3. The third-order valence-electron chi connectivity index (χ3n) is 5.99. The lowest BCUT2D eigenvalue weighted by Crippen LogP contribution is -2.39. The van der Waals surface area contributed by atoms with Crippen LogP contribution in [0.2, 0.25) is 0 Å². The van der Waals surface area contributed by atoms with Gasteiger partial charge in [-0.1, -0.05) is 39.2 Å². The molecule has 1 atom stereocenters. The Morgan fingerprint density at radius 3 is 2.61 bits per heavy atom. The maximum absolute atomic E-state index is 10.9. The molecule has 1 aliphatic carbocycles. The van der Waals surface area contributed by atoms with E-state index in [1.54, 1.807) is 18.3 Å². The van der Waals surface area contributed by atoms with Crippen LogP contribution in [0.4, 0.5) is 17.2 Å². The summed E-state index contributed by atoms with van der Waals surface area (Å²) >= 11 is 0. The normalized spacial score (nSPS) is 15.1. The zero-order valence-electron chi connectivity index (χ0n) is 19.8. The lowest BCUT2D eigenvalue weighted by atomic mass is 9.92. The number of hydrogen-bond donors (Lipinski definition) is 2. The molecule has 1 heterocycles. The van der Waals surface area contributed by atoms with Crippen LogP contribution >= 0.6 is 0 Å². The van der Waals surface area contributed by atoms with E-state index in [0.717, 1.165) is 23.5 Å². The number of nitriles is 1. The second-order valence-corrected chi connectivity index (χ2v) is 9.13. The van der Waals surface area contributed by atoms with Crippen LogP contribution < -0.4 is 10.2 Å². The minimum absolute atomic E-state index is 0.343. The van der Waals surface area contributed by atoms with E-state index in [1.807, 2.05) is 19.1 Å². The van der Waals surface area contributed by atoms with Gasteiger partial charge in [0.1, 0.15) is 18.5 Å². The van der Waals surface area contributed by atoms with Crippen LogP contribution in [-0.4, -0.2) is 35.3 Å². The first-order chi connectivity index (χ1) is 15.9. The number of nitrogens with one attached hydrogen (secondary N) is 1. The lowest BCUT2D eigenvalue weighted by Gasteiger charge is -2.38. The smallest absolute Gasteiger partial charge is 0.329 e. The van der Waals surface area contributed by atoms with Crippen molar-refractivity contribution in [3.05, 3.63) is 47.7 Å². The summed E-state index contributed by atoms with van der Waals surface area (Å²) in [5.41, 5.74) is 3.41. The first-order valence-electron chi connectivity index (χ1n) is 11.7. The highest BCUT2D eigenvalue weighted by Crippen LogP contribution is 2.36. The molecule has 2 aromatic rings. The maximum Gasteiger partial charge on any atom is 0.329 e. The summed E-state index contributed by atoms with van der Waals surface area (Å²) in [6.45, 7) is 6.94. The monoisotopic (exact) mass is 450 g/mol. The fourth-order valence-corrected chi connectivity index (χ4v) is 4.35. The standard InChI is InChI=1S/C26H34N4O3/c1-18(2)16-30(22-7-5-4-6-8-22)24-11-10-21(19(3)33-17-26(31)32)13-23(24)29-25-12-9-20(14-27)15-28-25/h9-13,15,18-19,22H,4-8,16-17H2,1-3H3,(H,28,29)(H,31,32). The number of anilines is 3. The lowest BCUT2D eigenvalue weighted by molar-refractivity contribution is -0.144. The Bertz CT molecular complexity index is 962. The number of rotatable bonds is 10. The zero-order chi connectivity index (χ0) is 23.8. The van der Waals surface area contributed by atoms with Crippen molar-refractivity contribution in [1.82, 2.24) is 4.98 Å². The van der Waals surface area contributed by atoms with Crippen LogP contribution in [0.25, 0.3) is 0 Å². The van der Waals surface area contributed by atoms with Gasteiger partial charge in [0.05, 0.1) is 23.0 Å². The van der Waals surface area contributed by atoms with E-state index in [0.29, 0.717) is 23.3 Å². The number of aromatic nitrogens is 1. The van der Waals surface area contributed by atoms with Crippen molar-refractivity contribution in [2.24, 2.45) is 5.92 Å². The molecule has 1 unspecified atom stereocenters. The van der Waals surface area contributed by atoms with Crippen LogP contribution in [0, 0.1) is 17.2 Å². The number of hydrogen-bond acceptors (Lipinski definition) is 6. The summed E-state index contributed by atoms with van der Waals surface area (Å²) in [5.74, 6) is 0.170. The van der Waals surface area contributed by atoms with Crippen molar-refractivity contribution >= 4 is 23.2 Å². The minimum Gasteiger partial charge on any atom is -0.480 e. The van der Waals surface area contributed by atoms with Crippen LogP contribution in [0.3, 0.4) is 0 Å². The maximum atomic E-state index is 10.9. The van der Waals surface area contributed by atoms with Crippen molar-refractivity contribution < 1.29 is 14.6 Å². The summed E-state index contributed by atoms with van der Waals surface area (Å²) in [6.07, 6.45) is 7.34. The van der Waals surface area contributed by atoms with E-state index in [2.05, 4.69) is 41.2 Å². The van der Waals surface area contributed by atoms with E-state index in [-0.39, 0.29) is 12.7 Å².